The monoisotopic (exact) mass is 367 g/mol. The molecule has 1 aliphatic heterocycles. The minimum Gasteiger partial charge on any atom is -0.477 e. The summed E-state index contributed by atoms with van der Waals surface area (Å²) in [6.07, 6.45) is 2.71. The van der Waals surface area contributed by atoms with E-state index in [0.29, 0.717) is 19.1 Å². The maximum atomic E-state index is 5.68. The minimum absolute atomic E-state index is 0.243. The highest BCUT2D eigenvalue weighted by molar-refractivity contribution is 5.89. The number of aromatic nitrogens is 4. The van der Waals surface area contributed by atoms with Crippen molar-refractivity contribution in [3.05, 3.63) is 30.5 Å². The summed E-state index contributed by atoms with van der Waals surface area (Å²) in [4.78, 5) is 9.28. The van der Waals surface area contributed by atoms with Gasteiger partial charge in [-0.05, 0) is 51.5 Å². The Hall–Kier alpha value is -2.67. The minimum atomic E-state index is 0.243. The van der Waals surface area contributed by atoms with Crippen molar-refractivity contribution in [1.82, 2.24) is 19.7 Å². The number of fused-ring (bicyclic) bond motifs is 1. The molecule has 142 valence electrons. The number of ether oxygens (including phenoxy) is 2. The average molecular weight is 367 g/mol. The molecule has 0 amide bonds. The maximum Gasteiger partial charge on any atom is 0.222 e. The summed E-state index contributed by atoms with van der Waals surface area (Å²) in [7, 11) is 0. The second kappa shape index (κ2) is 7.52. The van der Waals surface area contributed by atoms with E-state index < -0.39 is 0 Å². The molecule has 1 atom stereocenters. The lowest BCUT2D eigenvalue weighted by Crippen LogP contribution is -2.19. The van der Waals surface area contributed by atoms with E-state index in [1.165, 1.54) is 0 Å². The molecule has 7 heteroatoms. The molecule has 0 saturated carbocycles. The highest BCUT2D eigenvalue weighted by Crippen LogP contribution is 2.31. The van der Waals surface area contributed by atoms with Crippen LogP contribution in [0, 0.1) is 0 Å². The Morgan fingerprint density at radius 3 is 2.96 bits per heavy atom. The van der Waals surface area contributed by atoms with Gasteiger partial charge in [-0.15, -0.1) is 0 Å². The van der Waals surface area contributed by atoms with E-state index in [9.17, 15) is 0 Å². The third kappa shape index (κ3) is 3.47. The van der Waals surface area contributed by atoms with Gasteiger partial charge >= 0.3 is 0 Å². The summed E-state index contributed by atoms with van der Waals surface area (Å²) in [5.41, 5.74) is 3.58. The van der Waals surface area contributed by atoms with Crippen LogP contribution >= 0.6 is 0 Å². The first-order valence-electron chi connectivity index (χ1n) is 9.49. The lowest BCUT2D eigenvalue weighted by atomic mass is 10.1. The molecule has 1 fully saturated rings. The molecule has 4 heterocycles. The van der Waals surface area contributed by atoms with Gasteiger partial charge in [0.05, 0.1) is 36.0 Å². The average Bonchev–Trinajstić information content (AvgIpc) is 3.31. The van der Waals surface area contributed by atoms with Crippen LogP contribution in [-0.2, 0) is 4.74 Å². The Balaban J connectivity index is 1.80. The summed E-state index contributed by atoms with van der Waals surface area (Å²) in [6, 6.07) is 8.47. The van der Waals surface area contributed by atoms with Crippen LogP contribution in [-0.4, -0.2) is 45.6 Å². The quantitative estimate of drug-likeness (QED) is 0.716. The van der Waals surface area contributed by atoms with Gasteiger partial charge < -0.3 is 14.8 Å². The highest BCUT2D eigenvalue weighted by atomic mass is 16.5. The van der Waals surface area contributed by atoms with Crippen molar-refractivity contribution >= 4 is 16.9 Å². The molecule has 1 N–H and O–H groups in total. The van der Waals surface area contributed by atoms with E-state index >= 15 is 0 Å². The molecule has 0 radical (unpaired) electrons. The SMILES string of the molecule is CCOc1ncccc1-c1ccc2c(n1)c(NC1CCOC1)nn2C(C)C. The van der Waals surface area contributed by atoms with Crippen molar-refractivity contribution < 1.29 is 9.47 Å². The fourth-order valence-corrected chi connectivity index (χ4v) is 3.34. The molecule has 0 aromatic carbocycles. The van der Waals surface area contributed by atoms with Gasteiger partial charge in [0.25, 0.3) is 0 Å². The van der Waals surface area contributed by atoms with Crippen LogP contribution in [0.5, 0.6) is 5.88 Å². The Morgan fingerprint density at radius 2 is 2.22 bits per heavy atom. The number of nitrogens with one attached hydrogen (secondary N) is 1. The fraction of sp³-hybridized carbons (Fsp3) is 0.450. The Labute approximate surface area is 158 Å². The predicted octanol–water partition coefficient (Wildman–Crippen LogP) is 3.67. The normalized spacial score (nSPS) is 17.0. The molecule has 4 rings (SSSR count). The highest BCUT2D eigenvalue weighted by Gasteiger charge is 2.21. The molecule has 1 aliphatic rings. The second-order valence-corrected chi connectivity index (χ2v) is 6.95. The lowest BCUT2D eigenvalue weighted by molar-refractivity contribution is 0.195. The molecular formula is C20H25N5O2. The molecule has 0 bridgehead atoms. The van der Waals surface area contributed by atoms with Crippen LogP contribution in [0.3, 0.4) is 0 Å². The Morgan fingerprint density at radius 1 is 1.33 bits per heavy atom. The molecular weight excluding hydrogens is 342 g/mol. The smallest absolute Gasteiger partial charge is 0.222 e. The van der Waals surface area contributed by atoms with Gasteiger partial charge in [0.15, 0.2) is 5.82 Å². The lowest BCUT2D eigenvalue weighted by Gasteiger charge is -2.10. The van der Waals surface area contributed by atoms with Gasteiger partial charge in [-0.25, -0.2) is 9.97 Å². The van der Waals surface area contributed by atoms with Gasteiger partial charge in [-0.3, -0.25) is 4.68 Å². The zero-order valence-electron chi connectivity index (χ0n) is 16.0. The van der Waals surface area contributed by atoms with E-state index in [1.54, 1.807) is 6.20 Å². The Kier molecular flexibility index (Phi) is 4.94. The standard InChI is InChI=1S/C20H25N5O2/c1-4-27-20-15(6-5-10-21-20)16-7-8-17-18(23-16)19(24-25(17)13(2)3)22-14-9-11-26-12-14/h5-8,10,13-14H,4,9,11-12H2,1-3H3,(H,22,24). The van der Waals surface area contributed by atoms with Crippen LogP contribution in [0.4, 0.5) is 5.82 Å². The largest absolute Gasteiger partial charge is 0.477 e. The first-order valence-corrected chi connectivity index (χ1v) is 9.49. The van der Waals surface area contributed by atoms with Crippen molar-refractivity contribution in [3.8, 4) is 17.1 Å². The van der Waals surface area contributed by atoms with E-state index in [4.69, 9.17) is 19.6 Å². The number of pyridine rings is 2. The number of nitrogens with zero attached hydrogens (tertiary/aromatic N) is 4. The van der Waals surface area contributed by atoms with Crippen molar-refractivity contribution in [2.45, 2.75) is 39.3 Å². The van der Waals surface area contributed by atoms with Crippen molar-refractivity contribution in [1.29, 1.82) is 0 Å². The Bertz CT molecular complexity index is 931. The number of rotatable bonds is 6. The molecule has 0 aliphatic carbocycles. The molecule has 27 heavy (non-hydrogen) atoms. The molecule has 1 saturated heterocycles. The first-order chi connectivity index (χ1) is 13.2. The molecule has 7 nitrogen and oxygen atoms in total. The zero-order valence-corrected chi connectivity index (χ0v) is 16.0. The fourth-order valence-electron chi connectivity index (χ4n) is 3.34. The van der Waals surface area contributed by atoms with Gasteiger partial charge in [0, 0.05) is 18.8 Å². The third-order valence-electron chi connectivity index (χ3n) is 4.64. The maximum absolute atomic E-state index is 5.68. The van der Waals surface area contributed by atoms with Crippen LogP contribution < -0.4 is 10.1 Å². The van der Waals surface area contributed by atoms with Crippen molar-refractivity contribution in [3.63, 3.8) is 0 Å². The molecule has 3 aromatic rings. The van der Waals surface area contributed by atoms with Gasteiger partial charge in [0.2, 0.25) is 5.88 Å². The van der Waals surface area contributed by atoms with Crippen molar-refractivity contribution in [2.75, 3.05) is 25.1 Å². The van der Waals surface area contributed by atoms with Crippen LogP contribution in [0.2, 0.25) is 0 Å². The molecule has 0 spiro atoms. The third-order valence-corrected chi connectivity index (χ3v) is 4.64. The second-order valence-electron chi connectivity index (χ2n) is 6.95. The van der Waals surface area contributed by atoms with E-state index in [0.717, 1.165) is 41.1 Å². The van der Waals surface area contributed by atoms with Gasteiger partial charge in [-0.2, -0.15) is 5.10 Å². The number of anilines is 1. The van der Waals surface area contributed by atoms with E-state index in [-0.39, 0.29) is 12.1 Å². The predicted molar refractivity (Wildman–Crippen MR) is 105 cm³/mol. The molecule has 1 unspecified atom stereocenters. The number of hydrogen-bond donors (Lipinski definition) is 1. The molecule has 3 aromatic heterocycles. The van der Waals surface area contributed by atoms with Crippen molar-refractivity contribution in [2.24, 2.45) is 0 Å². The van der Waals surface area contributed by atoms with Gasteiger partial charge in [-0.1, -0.05) is 0 Å². The summed E-state index contributed by atoms with van der Waals surface area (Å²) in [5, 5.41) is 8.30. The van der Waals surface area contributed by atoms with Crippen LogP contribution in [0.1, 0.15) is 33.2 Å². The summed E-state index contributed by atoms with van der Waals surface area (Å²) in [5.74, 6) is 1.40. The van der Waals surface area contributed by atoms with Crippen LogP contribution in [0.15, 0.2) is 30.5 Å². The summed E-state index contributed by atoms with van der Waals surface area (Å²) >= 11 is 0. The topological polar surface area (TPSA) is 74.1 Å². The summed E-state index contributed by atoms with van der Waals surface area (Å²) in [6.45, 7) is 8.24. The van der Waals surface area contributed by atoms with Crippen LogP contribution in [0.25, 0.3) is 22.3 Å². The first kappa shape index (κ1) is 17.7. The van der Waals surface area contributed by atoms with Gasteiger partial charge in [0.1, 0.15) is 5.52 Å². The van der Waals surface area contributed by atoms with E-state index in [2.05, 4.69) is 30.2 Å². The number of hydrogen-bond acceptors (Lipinski definition) is 6. The zero-order chi connectivity index (χ0) is 18.8. The van der Waals surface area contributed by atoms with E-state index in [1.807, 2.05) is 29.8 Å². The summed E-state index contributed by atoms with van der Waals surface area (Å²) < 4.78 is 13.2.